The maximum atomic E-state index is 13.0. The van der Waals surface area contributed by atoms with Crippen molar-refractivity contribution in [1.29, 1.82) is 0 Å². The van der Waals surface area contributed by atoms with Crippen LogP contribution in [-0.4, -0.2) is 15.5 Å². The van der Waals surface area contributed by atoms with Gasteiger partial charge in [-0.15, -0.1) is 11.3 Å². The molecule has 1 aliphatic heterocycles. The summed E-state index contributed by atoms with van der Waals surface area (Å²) in [5.41, 5.74) is 4.49. The predicted molar refractivity (Wildman–Crippen MR) is 117 cm³/mol. The van der Waals surface area contributed by atoms with Crippen molar-refractivity contribution in [3.63, 3.8) is 0 Å². The quantitative estimate of drug-likeness (QED) is 0.536. The van der Waals surface area contributed by atoms with Crippen molar-refractivity contribution >= 4 is 33.8 Å². The molecule has 6 heteroatoms. The topological polar surface area (TPSA) is 64.0 Å². The molecule has 5 nitrogen and oxygen atoms in total. The molecular formula is C23H19N3O2S. The molecule has 0 bridgehead atoms. The van der Waals surface area contributed by atoms with Crippen molar-refractivity contribution < 1.29 is 4.79 Å². The summed E-state index contributed by atoms with van der Waals surface area (Å²) in [7, 11) is 0. The molecule has 0 fully saturated rings. The number of nitrogens with one attached hydrogen (secondary N) is 1. The van der Waals surface area contributed by atoms with Crippen LogP contribution in [0.25, 0.3) is 22.2 Å². The predicted octanol–water partition coefficient (Wildman–Crippen LogP) is 4.80. The van der Waals surface area contributed by atoms with Gasteiger partial charge in [-0.3, -0.25) is 9.59 Å². The first-order valence-electron chi connectivity index (χ1n) is 9.52. The Bertz CT molecular complexity index is 1340. The summed E-state index contributed by atoms with van der Waals surface area (Å²) in [5.74, 6) is -0.392. The fourth-order valence-corrected chi connectivity index (χ4v) is 4.65. The van der Waals surface area contributed by atoms with E-state index < -0.39 is 5.91 Å². The van der Waals surface area contributed by atoms with Gasteiger partial charge in [-0.05, 0) is 44.0 Å². The smallest absolute Gasteiger partial charge is 0.261 e. The lowest BCUT2D eigenvalue weighted by Gasteiger charge is -2.13. The molecule has 144 valence electrons. The first kappa shape index (κ1) is 17.8. The highest BCUT2D eigenvalue weighted by atomic mass is 32.1. The molecule has 0 aliphatic carbocycles. The number of benzene rings is 2. The molecule has 2 aromatic heterocycles. The molecule has 3 heterocycles. The molecule has 0 saturated carbocycles. The summed E-state index contributed by atoms with van der Waals surface area (Å²) in [6, 6.07) is 13.5. The molecule has 1 unspecified atom stereocenters. The van der Waals surface area contributed by atoms with Gasteiger partial charge in [0.2, 0.25) is 5.43 Å². The zero-order valence-electron chi connectivity index (χ0n) is 16.1. The SMILES string of the molecule is Cc1nc(-c2cccc(NC(=O)c3cn4c5c(cccc5c3=O)CC4C)c2)cs1. The number of amides is 1. The minimum atomic E-state index is -0.392. The maximum Gasteiger partial charge on any atom is 0.261 e. The van der Waals surface area contributed by atoms with Gasteiger partial charge in [0.05, 0.1) is 16.2 Å². The molecule has 2 aromatic carbocycles. The summed E-state index contributed by atoms with van der Waals surface area (Å²) < 4.78 is 2.05. The van der Waals surface area contributed by atoms with E-state index in [9.17, 15) is 9.59 Å². The van der Waals surface area contributed by atoms with Gasteiger partial charge < -0.3 is 9.88 Å². The molecule has 0 radical (unpaired) electrons. The normalized spacial score (nSPS) is 15.0. The Morgan fingerprint density at radius 3 is 2.86 bits per heavy atom. The minimum absolute atomic E-state index is 0.165. The molecule has 0 saturated heterocycles. The molecule has 1 N–H and O–H groups in total. The number of aromatic nitrogens is 2. The van der Waals surface area contributed by atoms with E-state index in [1.807, 2.05) is 48.7 Å². The van der Waals surface area contributed by atoms with E-state index >= 15 is 0 Å². The van der Waals surface area contributed by atoms with Crippen LogP contribution in [0.3, 0.4) is 0 Å². The van der Waals surface area contributed by atoms with E-state index in [-0.39, 0.29) is 17.0 Å². The summed E-state index contributed by atoms with van der Waals surface area (Å²) >= 11 is 1.59. The molecule has 29 heavy (non-hydrogen) atoms. The van der Waals surface area contributed by atoms with E-state index in [1.165, 1.54) is 0 Å². The van der Waals surface area contributed by atoms with E-state index in [0.717, 1.165) is 33.8 Å². The average Bonchev–Trinajstić information content (AvgIpc) is 3.28. The van der Waals surface area contributed by atoms with E-state index in [2.05, 4.69) is 21.8 Å². The Kier molecular flexibility index (Phi) is 4.10. The zero-order valence-corrected chi connectivity index (χ0v) is 16.9. The van der Waals surface area contributed by atoms with Crippen LogP contribution >= 0.6 is 11.3 Å². The number of nitrogens with zero attached hydrogens (tertiary/aromatic N) is 2. The van der Waals surface area contributed by atoms with Gasteiger partial charge in [0.1, 0.15) is 5.56 Å². The van der Waals surface area contributed by atoms with E-state index in [1.54, 1.807) is 23.6 Å². The van der Waals surface area contributed by atoms with Crippen molar-refractivity contribution in [3.05, 3.63) is 80.4 Å². The van der Waals surface area contributed by atoms with E-state index in [0.29, 0.717) is 11.1 Å². The number of hydrogen-bond acceptors (Lipinski definition) is 4. The third-order valence-corrected chi connectivity index (χ3v) is 6.18. The molecule has 5 rings (SSSR count). The van der Waals surface area contributed by atoms with Crippen LogP contribution in [0.1, 0.15) is 33.9 Å². The second-order valence-electron chi connectivity index (χ2n) is 7.43. The van der Waals surface area contributed by atoms with Gasteiger partial charge in [0, 0.05) is 34.3 Å². The maximum absolute atomic E-state index is 13.0. The van der Waals surface area contributed by atoms with Crippen LogP contribution in [-0.2, 0) is 6.42 Å². The standard InChI is InChI=1S/C23H19N3O2S/c1-13-9-16-6-4-8-18-21(16)26(13)11-19(22(18)27)23(28)25-17-7-3-5-15(10-17)20-12-29-14(2)24-20/h3-8,10-13H,9H2,1-2H3,(H,25,28). The van der Waals surface area contributed by atoms with Crippen molar-refractivity contribution in [3.8, 4) is 11.3 Å². The average molecular weight is 401 g/mol. The molecule has 1 amide bonds. The lowest BCUT2D eigenvalue weighted by Crippen LogP contribution is -2.23. The molecule has 0 spiro atoms. The van der Waals surface area contributed by atoms with E-state index in [4.69, 9.17) is 0 Å². The van der Waals surface area contributed by atoms with Gasteiger partial charge in [0.15, 0.2) is 0 Å². The van der Waals surface area contributed by atoms with Crippen LogP contribution in [0.4, 0.5) is 5.69 Å². The fraction of sp³-hybridized carbons (Fsp3) is 0.174. The number of carbonyl (C=O) groups is 1. The van der Waals surface area contributed by atoms with Gasteiger partial charge in [-0.2, -0.15) is 0 Å². The lowest BCUT2D eigenvalue weighted by molar-refractivity contribution is 0.102. The van der Waals surface area contributed by atoms with Crippen LogP contribution in [0, 0.1) is 6.92 Å². The Labute approximate surface area is 171 Å². The van der Waals surface area contributed by atoms with Crippen molar-refractivity contribution in [2.24, 2.45) is 0 Å². The number of carbonyl (C=O) groups excluding carboxylic acids is 1. The second kappa shape index (κ2) is 6.67. The Morgan fingerprint density at radius 2 is 2.07 bits per heavy atom. The second-order valence-corrected chi connectivity index (χ2v) is 8.49. The zero-order chi connectivity index (χ0) is 20.1. The third kappa shape index (κ3) is 2.96. The first-order chi connectivity index (χ1) is 14.0. The number of para-hydroxylation sites is 1. The molecule has 1 atom stereocenters. The Morgan fingerprint density at radius 1 is 1.24 bits per heavy atom. The number of aryl methyl sites for hydroxylation is 1. The largest absolute Gasteiger partial charge is 0.343 e. The first-order valence-corrected chi connectivity index (χ1v) is 10.4. The fourth-order valence-electron chi connectivity index (χ4n) is 4.03. The summed E-state index contributed by atoms with van der Waals surface area (Å²) in [4.78, 5) is 30.5. The number of pyridine rings is 1. The number of anilines is 1. The summed E-state index contributed by atoms with van der Waals surface area (Å²) in [6.45, 7) is 4.06. The summed E-state index contributed by atoms with van der Waals surface area (Å²) in [5, 5.41) is 6.47. The highest BCUT2D eigenvalue weighted by Crippen LogP contribution is 2.31. The van der Waals surface area contributed by atoms with Crippen LogP contribution in [0.2, 0.25) is 0 Å². The highest BCUT2D eigenvalue weighted by Gasteiger charge is 2.24. The van der Waals surface area contributed by atoms with Gasteiger partial charge in [0.25, 0.3) is 5.91 Å². The van der Waals surface area contributed by atoms with Crippen molar-refractivity contribution in [2.75, 3.05) is 5.32 Å². The summed E-state index contributed by atoms with van der Waals surface area (Å²) in [6.07, 6.45) is 2.58. The molecular weight excluding hydrogens is 382 g/mol. The monoisotopic (exact) mass is 401 g/mol. The third-order valence-electron chi connectivity index (χ3n) is 5.41. The van der Waals surface area contributed by atoms with Crippen molar-refractivity contribution in [1.82, 2.24) is 9.55 Å². The number of thiazole rings is 1. The Hall–Kier alpha value is -3.25. The lowest BCUT2D eigenvalue weighted by atomic mass is 10.1. The molecule has 1 aliphatic rings. The van der Waals surface area contributed by atoms with Gasteiger partial charge >= 0.3 is 0 Å². The van der Waals surface area contributed by atoms with Crippen molar-refractivity contribution in [2.45, 2.75) is 26.3 Å². The van der Waals surface area contributed by atoms with Gasteiger partial charge in [-0.1, -0.05) is 24.3 Å². The van der Waals surface area contributed by atoms with Crippen LogP contribution < -0.4 is 10.7 Å². The van der Waals surface area contributed by atoms with Gasteiger partial charge in [-0.25, -0.2) is 4.98 Å². The highest BCUT2D eigenvalue weighted by molar-refractivity contribution is 7.09. The number of hydrogen-bond donors (Lipinski definition) is 1. The molecule has 4 aromatic rings. The van der Waals surface area contributed by atoms with Crippen LogP contribution in [0.5, 0.6) is 0 Å². The van der Waals surface area contributed by atoms with Crippen LogP contribution in [0.15, 0.2) is 58.8 Å². The Balaban J connectivity index is 1.52. The number of rotatable bonds is 3. The minimum Gasteiger partial charge on any atom is -0.343 e.